The summed E-state index contributed by atoms with van der Waals surface area (Å²) in [5.41, 5.74) is 0.643. The molecule has 0 saturated carbocycles. The summed E-state index contributed by atoms with van der Waals surface area (Å²) in [6, 6.07) is 5.83. The second-order valence-electron chi connectivity index (χ2n) is 5.17. The number of hydrogen-bond donors (Lipinski definition) is 1. The van der Waals surface area contributed by atoms with E-state index in [9.17, 15) is 4.79 Å². The molecule has 1 unspecified atom stereocenters. The molecule has 1 heterocycles. The van der Waals surface area contributed by atoms with Crippen molar-refractivity contribution in [2.45, 2.75) is 38.1 Å². The van der Waals surface area contributed by atoms with Crippen molar-refractivity contribution in [3.8, 4) is 11.5 Å². The van der Waals surface area contributed by atoms with Crippen LogP contribution in [0, 0.1) is 0 Å². The molecule has 2 rings (SSSR count). The van der Waals surface area contributed by atoms with E-state index in [-0.39, 0.29) is 5.78 Å². The molecule has 1 aromatic carbocycles. The third-order valence-electron chi connectivity index (χ3n) is 3.84. The van der Waals surface area contributed by atoms with E-state index in [1.54, 1.807) is 32.4 Å². The molecule has 0 bridgehead atoms. The highest BCUT2D eigenvalue weighted by Gasteiger charge is 2.17. The summed E-state index contributed by atoms with van der Waals surface area (Å²) < 4.78 is 10.4. The van der Waals surface area contributed by atoms with Crippen LogP contribution in [0.2, 0.25) is 0 Å². The number of nitrogens with one attached hydrogen (secondary N) is 1. The van der Waals surface area contributed by atoms with Gasteiger partial charge in [-0.15, -0.1) is 0 Å². The molecule has 4 heteroatoms. The number of piperidine rings is 1. The number of carbonyl (C=O) groups excluding carboxylic acids is 1. The zero-order valence-corrected chi connectivity index (χ0v) is 12.3. The highest BCUT2D eigenvalue weighted by molar-refractivity contribution is 5.98. The lowest BCUT2D eigenvalue weighted by Gasteiger charge is -2.23. The third kappa shape index (κ3) is 3.73. The van der Waals surface area contributed by atoms with Crippen molar-refractivity contribution in [2.24, 2.45) is 0 Å². The molecule has 20 heavy (non-hydrogen) atoms. The Bertz CT molecular complexity index is 453. The Morgan fingerprint density at radius 3 is 2.80 bits per heavy atom. The zero-order valence-electron chi connectivity index (χ0n) is 12.3. The average molecular weight is 277 g/mol. The van der Waals surface area contributed by atoms with Crippen LogP contribution < -0.4 is 14.8 Å². The number of ether oxygens (including phenoxy) is 2. The maximum Gasteiger partial charge on any atom is 0.166 e. The van der Waals surface area contributed by atoms with Gasteiger partial charge in [0.2, 0.25) is 0 Å². The van der Waals surface area contributed by atoms with Gasteiger partial charge in [-0.05, 0) is 37.9 Å². The van der Waals surface area contributed by atoms with Crippen LogP contribution in [0.15, 0.2) is 18.2 Å². The van der Waals surface area contributed by atoms with Crippen LogP contribution in [0.1, 0.15) is 42.5 Å². The molecule has 0 amide bonds. The maximum atomic E-state index is 12.3. The maximum absolute atomic E-state index is 12.3. The smallest absolute Gasteiger partial charge is 0.166 e. The minimum Gasteiger partial charge on any atom is -0.497 e. The number of methoxy groups -OCH3 is 2. The first-order valence-electron chi connectivity index (χ1n) is 7.23. The molecule has 1 atom stereocenters. The van der Waals surface area contributed by atoms with Gasteiger partial charge in [0, 0.05) is 18.5 Å². The second-order valence-corrected chi connectivity index (χ2v) is 5.17. The fourth-order valence-electron chi connectivity index (χ4n) is 2.64. The van der Waals surface area contributed by atoms with E-state index in [4.69, 9.17) is 9.47 Å². The summed E-state index contributed by atoms with van der Waals surface area (Å²) in [7, 11) is 3.18. The Hall–Kier alpha value is -1.55. The van der Waals surface area contributed by atoms with Crippen molar-refractivity contribution in [3.05, 3.63) is 23.8 Å². The molecular weight excluding hydrogens is 254 g/mol. The van der Waals surface area contributed by atoms with E-state index >= 15 is 0 Å². The first-order valence-corrected chi connectivity index (χ1v) is 7.23. The van der Waals surface area contributed by atoms with Crippen molar-refractivity contribution in [1.29, 1.82) is 0 Å². The summed E-state index contributed by atoms with van der Waals surface area (Å²) in [6.45, 7) is 1.07. The van der Waals surface area contributed by atoms with Gasteiger partial charge in [0.1, 0.15) is 11.5 Å². The highest BCUT2D eigenvalue weighted by Crippen LogP contribution is 2.26. The van der Waals surface area contributed by atoms with Crippen LogP contribution in [-0.4, -0.2) is 32.6 Å². The minimum absolute atomic E-state index is 0.136. The van der Waals surface area contributed by atoms with Gasteiger partial charge in [-0.3, -0.25) is 4.79 Å². The lowest BCUT2D eigenvalue weighted by atomic mass is 9.97. The van der Waals surface area contributed by atoms with Crippen molar-refractivity contribution in [3.63, 3.8) is 0 Å². The third-order valence-corrected chi connectivity index (χ3v) is 3.84. The second kappa shape index (κ2) is 7.29. The van der Waals surface area contributed by atoms with Gasteiger partial charge in [0.25, 0.3) is 0 Å². The topological polar surface area (TPSA) is 47.6 Å². The Morgan fingerprint density at radius 1 is 1.30 bits per heavy atom. The van der Waals surface area contributed by atoms with Crippen molar-refractivity contribution < 1.29 is 14.3 Å². The molecule has 1 aliphatic heterocycles. The molecule has 1 saturated heterocycles. The monoisotopic (exact) mass is 277 g/mol. The van der Waals surface area contributed by atoms with Crippen molar-refractivity contribution in [1.82, 2.24) is 5.32 Å². The lowest BCUT2D eigenvalue weighted by Crippen LogP contribution is -2.34. The zero-order chi connectivity index (χ0) is 14.4. The van der Waals surface area contributed by atoms with Crippen molar-refractivity contribution >= 4 is 5.78 Å². The van der Waals surface area contributed by atoms with E-state index in [1.807, 2.05) is 0 Å². The molecular formula is C16H23NO3. The number of Topliss-reactive ketones (excluding diaryl/α,β-unsaturated/α-hetero) is 1. The molecule has 1 aliphatic rings. The SMILES string of the molecule is COc1ccc(C(=O)CCC2CCCCN2)c(OC)c1. The minimum atomic E-state index is 0.136. The van der Waals surface area contributed by atoms with Crippen LogP contribution in [-0.2, 0) is 0 Å². The Morgan fingerprint density at radius 2 is 2.15 bits per heavy atom. The summed E-state index contributed by atoms with van der Waals surface area (Å²) in [6.07, 6.45) is 5.13. The molecule has 0 spiro atoms. The molecule has 0 aliphatic carbocycles. The van der Waals surface area contributed by atoms with Crippen LogP contribution in [0.4, 0.5) is 0 Å². The van der Waals surface area contributed by atoms with Gasteiger partial charge in [-0.2, -0.15) is 0 Å². The molecule has 1 N–H and O–H groups in total. The van der Waals surface area contributed by atoms with E-state index in [0.29, 0.717) is 29.5 Å². The molecule has 0 aromatic heterocycles. The number of benzene rings is 1. The number of rotatable bonds is 6. The number of ketones is 1. The van der Waals surface area contributed by atoms with Gasteiger partial charge in [-0.1, -0.05) is 6.42 Å². The van der Waals surface area contributed by atoms with Crippen LogP contribution in [0.5, 0.6) is 11.5 Å². The quantitative estimate of drug-likeness (QED) is 0.812. The molecule has 1 fully saturated rings. The Balaban J connectivity index is 1.97. The van der Waals surface area contributed by atoms with Gasteiger partial charge >= 0.3 is 0 Å². The van der Waals surface area contributed by atoms with Crippen molar-refractivity contribution in [2.75, 3.05) is 20.8 Å². The number of carbonyl (C=O) groups is 1. The van der Waals surface area contributed by atoms with Gasteiger partial charge < -0.3 is 14.8 Å². The average Bonchev–Trinajstić information content (AvgIpc) is 2.52. The molecule has 0 radical (unpaired) electrons. The van der Waals surface area contributed by atoms with Gasteiger partial charge in [0.05, 0.1) is 19.8 Å². The predicted molar refractivity (Wildman–Crippen MR) is 78.8 cm³/mol. The Kier molecular flexibility index (Phi) is 5.41. The first kappa shape index (κ1) is 14.9. The van der Waals surface area contributed by atoms with E-state index in [2.05, 4.69) is 5.32 Å². The first-order chi connectivity index (χ1) is 9.74. The Labute approximate surface area is 120 Å². The van der Waals surface area contributed by atoms with Crippen LogP contribution in [0.25, 0.3) is 0 Å². The summed E-state index contributed by atoms with van der Waals surface area (Å²) in [5, 5.41) is 3.47. The van der Waals surface area contributed by atoms with Gasteiger partial charge in [-0.25, -0.2) is 0 Å². The number of hydrogen-bond acceptors (Lipinski definition) is 4. The van der Waals surface area contributed by atoms with E-state index < -0.39 is 0 Å². The molecule has 1 aromatic rings. The summed E-state index contributed by atoms with van der Waals surface area (Å²) in [5.74, 6) is 1.43. The summed E-state index contributed by atoms with van der Waals surface area (Å²) >= 11 is 0. The van der Waals surface area contributed by atoms with E-state index in [0.717, 1.165) is 13.0 Å². The normalized spacial score (nSPS) is 18.6. The van der Waals surface area contributed by atoms with Crippen LogP contribution in [0.3, 0.4) is 0 Å². The summed E-state index contributed by atoms with van der Waals surface area (Å²) in [4.78, 5) is 12.3. The van der Waals surface area contributed by atoms with Gasteiger partial charge in [0.15, 0.2) is 5.78 Å². The largest absolute Gasteiger partial charge is 0.497 e. The molecule has 110 valence electrons. The standard InChI is InChI=1S/C16H23NO3/c1-19-13-7-8-14(16(11-13)20-2)15(18)9-6-12-5-3-4-10-17-12/h7-8,11-12,17H,3-6,9-10H2,1-2H3. The fraction of sp³-hybridized carbons (Fsp3) is 0.562. The predicted octanol–water partition coefficient (Wildman–Crippen LogP) is 2.81. The van der Waals surface area contributed by atoms with Crippen LogP contribution >= 0.6 is 0 Å². The highest BCUT2D eigenvalue weighted by atomic mass is 16.5. The lowest BCUT2D eigenvalue weighted by molar-refractivity contribution is 0.0971. The fourth-order valence-corrected chi connectivity index (χ4v) is 2.64. The molecule has 4 nitrogen and oxygen atoms in total. The van der Waals surface area contributed by atoms with E-state index in [1.165, 1.54) is 19.3 Å².